The molecule has 0 saturated carbocycles. The van der Waals surface area contributed by atoms with Crippen molar-refractivity contribution in [1.29, 1.82) is 0 Å². The van der Waals surface area contributed by atoms with Crippen LogP contribution in [0.2, 0.25) is 0 Å². The van der Waals surface area contributed by atoms with E-state index >= 15 is 0 Å². The van der Waals surface area contributed by atoms with Gasteiger partial charge in [0, 0.05) is 13.2 Å². The van der Waals surface area contributed by atoms with Gasteiger partial charge in [-0.05, 0) is 25.2 Å². The molecule has 0 aromatic carbocycles. The van der Waals surface area contributed by atoms with Crippen LogP contribution in [-0.4, -0.2) is 30.2 Å². The number of nitrogens with one attached hydrogen (secondary N) is 1. The Morgan fingerprint density at radius 3 is 2.29 bits per heavy atom. The summed E-state index contributed by atoms with van der Waals surface area (Å²) in [7, 11) is 0. The highest BCUT2D eigenvalue weighted by molar-refractivity contribution is 5.85. The highest BCUT2D eigenvalue weighted by Crippen LogP contribution is 2.09. The van der Waals surface area contributed by atoms with Crippen molar-refractivity contribution in [3.63, 3.8) is 0 Å². The molecule has 17 heavy (non-hydrogen) atoms. The molecule has 2 unspecified atom stereocenters. The van der Waals surface area contributed by atoms with Crippen LogP contribution in [0.4, 0.5) is 0 Å². The van der Waals surface area contributed by atoms with E-state index in [0.717, 1.165) is 32.1 Å². The highest BCUT2D eigenvalue weighted by Gasteiger charge is 2.14. The number of amides is 1. The van der Waals surface area contributed by atoms with Gasteiger partial charge in [0.1, 0.15) is 0 Å². The fraction of sp³-hybridized carbons (Fsp3) is 0.917. The molecule has 0 aliphatic rings. The monoisotopic (exact) mass is 266 g/mol. The first kappa shape index (κ1) is 19.0. The van der Waals surface area contributed by atoms with Crippen molar-refractivity contribution in [3.8, 4) is 0 Å². The minimum absolute atomic E-state index is 0. The SMILES string of the molecule is CCCC(CCO)CNC(=O)C(N)CCC.Cl. The Morgan fingerprint density at radius 1 is 1.24 bits per heavy atom. The molecule has 0 rings (SSSR count). The molecule has 0 radical (unpaired) electrons. The first-order valence-electron chi connectivity index (χ1n) is 6.29. The molecule has 0 aliphatic carbocycles. The van der Waals surface area contributed by atoms with Crippen LogP contribution in [0.25, 0.3) is 0 Å². The van der Waals surface area contributed by atoms with E-state index in [0.29, 0.717) is 12.5 Å². The number of hydrogen-bond acceptors (Lipinski definition) is 3. The third kappa shape index (κ3) is 9.39. The van der Waals surface area contributed by atoms with Gasteiger partial charge in [-0.25, -0.2) is 0 Å². The first-order chi connectivity index (χ1) is 7.65. The van der Waals surface area contributed by atoms with Crippen molar-refractivity contribution >= 4 is 18.3 Å². The maximum atomic E-state index is 11.5. The van der Waals surface area contributed by atoms with Gasteiger partial charge in [0.15, 0.2) is 0 Å². The number of aliphatic hydroxyl groups excluding tert-OH is 1. The molecule has 0 spiro atoms. The lowest BCUT2D eigenvalue weighted by Gasteiger charge is -2.17. The van der Waals surface area contributed by atoms with Gasteiger partial charge in [-0.15, -0.1) is 12.4 Å². The van der Waals surface area contributed by atoms with Crippen LogP contribution in [-0.2, 0) is 4.79 Å². The summed E-state index contributed by atoms with van der Waals surface area (Å²) in [6.45, 7) is 4.93. The summed E-state index contributed by atoms with van der Waals surface area (Å²) in [6, 6.07) is -0.388. The van der Waals surface area contributed by atoms with Crippen molar-refractivity contribution in [2.75, 3.05) is 13.2 Å². The molecule has 4 nitrogen and oxygen atoms in total. The largest absolute Gasteiger partial charge is 0.396 e. The third-order valence-corrected chi connectivity index (χ3v) is 2.74. The summed E-state index contributed by atoms with van der Waals surface area (Å²) >= 11 is 0. The van der Waals surface area contributed by atoms with Crippen molar-refractivity contribution in [1.82, 2.24) is 5.32 Å². The minimum atomic E-state index is -0.388. The Bertz CT molecular complexity index is 185. The molecule has 104 valence electrons. The van der Waals surface area contributed by atoms with Gasteiger partial charge in [0.25, 0.3) is 0 Å². The predicted octanol–water partition coefficient (Wildman–Crippen LogP) is 1.45. The number of rotatable bonds is 9. The fourth-order valence-electron chi connectivity index (χ4n) is 1.76. The topological polar surface area (TPSA) is 75.3 Å². The summed E-state index contributed by atoms with van der Waals surface area (Å²) < 4.78 is 0. The molecule has 1 amide bonds. The summed E-state index contributed by atoms with van der Waals surface area (Å²) in [6.07, 6.45) is 4.50. The molecule has 2 atom stereocenters. The molecule has 4 N–H and O–H groups in total. The van der Waals surface area contributed by atoms with Gasteiger partial charge in [0.2, 0.25) is 5.91 Å². The second-order valence-corrected chi connectivity index (χ2v) is 4.31. The minimum Gasteiger partial charge on any atom is -0.396 e. The van der Waals surface area contributed by atoms with Gasteiger partial charge in [-0.2, -0.15) is 0 Å². The van der Waals surface area contributed by atoms with E-state index in [-0.39, 0.29) is 31.0 Å². The van der Waals surface area contributed by atoms with Crippen LogP contribution in [0.3, 0.4) is 0 Å². The zero-order chi connectivity index (χ0) is 12.4. The summed E-state index contributed by atoms with van der Waals surface area (Å²) in [5.41, 5.74) is 5.70. The van der Waals surface area contributed by atoms with E-state index in [4.69, 9.17) is 10.8 Å². The Balaban J connectivity index is 0. The number of carbonyl (C=O) groups excluding carboxylic acids is 1. The molecule has 0 bridgehead atoms. The Hall–Kier alpha value is -0.320. The lowest BCUT2D eigenvalue weighted by molar-refractivity contribution is -0.122. The number of hydrogen-bond donors (Lipinski definition) is 3. The number of carbonyl (C=O) groups is 1. The standard InChI is InChI=1S/C12H26N2O2.ClH/c1-3-5-10(7-8-15)9-14-12(16)11(13)6-4-2;/h10-11,15H,3-9,13H2,1-2H3,(H,14,16);1H. The van der Waals surface area contributed by atoms with Crippen LogP contribution >= 0.6 is 12.4 Å². The molecule has 0 aromatic rings. The van der Waals surface area contributed by atoms with Crippen LogP contribution in [0, 0.1) is 5.92 Å². The summed E-state index contributed by atoms with van der Waals surface area (Å²) in [4.78, 5) is 11.5. The van der Waals surface area contributed by atoms with Crippen molar-refractivity contribution in [2.24, 2.45) is 11.7 Å². The van der Waals surface area contributed by atoms with Crippen molar-refractivity contribution in [2.45, 2.75) is 52.0 Å². The van der Waals surface area contributed by atoms with E-state index in [1.54, 1.807) is 0 Å². The molecule has 5 heteroatoms. The quantitative estimate of drug-likeness (QED) is 0.591. The Labute approximate surface area is 111 Å². The number of aliphatic hydroxyl groups is 1. The molecule has 0 saturated heterocycles. The Morgan fingerprint density at radius 2 is 1.82 bits per heavy atom. The first-order valence-corrected chi connectivity index (χ1v) is 6.29. The highest BCUT2D eigenvalue weighted by atomic mass is 35.5. The van der Waals surface area contributed by atoms with E-state index in [9.17, 15) is 4.79 Å². The third-order valence-electron chi connectivity index (χ3n) is 2.74. The molecular weight excluding hydrogens is 240 g/mol. The molecular formula is C12H27ClN2O2. The predicted molar refractivity (Wildman–Crippen MR) is 73.2 cm³/mol. The number of halogens is 1. The fourth-order valence-corrected chi connectivity index (χ4v) is 1.76. The van der Waals surface area contributed by atoms with Gasteiger partial charge in [-0.3, -0.25) is 4.79 Å². The number of nitrogens with two attached hydrogens (primary N) is 1. The van der Waals surface area contributed by atoms with E-state index in [2.05, 4.69) is 12.2 Å². The van der Waals surface area contributed by atoms with Crippen LogP contribution in [0.1, 0.15) is 46.0 Å². The molecule has 0 fully saturated rings. The van der Waals surface area contributed by atoms with Gasteiger partial charge < -0.3 is 16.2 Å². The van der Waals surface area contributed by atoms with Gasteiger partial charge in [-0.1, -0.05) is 26.7 Å². The maximum absolute atomic E-state index is 11.5. The van der Waals surface area contributed by atoms with Gasteiger partial charge >= 0.3 is 0 Å². The van der Waals surface area contributed by atoms with Crippen LogP contribution < -0.4 is 11.1 Å². The molecule has 0 aromatic heterocycles. The van der Waals surface area contributed by atoms with Crippen molar-refractivity contribution in [3.05, 3.63) is 0 Å². The zero-order valence-corrected chi connectivity index (χ0v) is 11.8. The second-order valence-electron chi connectivity index (χ2n) is 4.31. The normalized spacial score (nSPS) is 13.6. The zero-order valence-electron chi connectivity index (χ0n) is 10.9. The lowest BCUT2D eigenvalue weighted by Crippen LogP contribution is -2.42. The Kier molecular flexibility index (Phi) is 13.6. The average molecular weight is 267 g/mol. The lowest BCUT2D eigenvalue weighted by atomic mass is 10.00. The second kappa shape index (κ2) is 12.1. The molecule has 0 heterocycles. The van der Waals surface area contributed by atoms with Crippen molar-refractivity contribution < 1.29 is 9.90 Å². The smallest absolute Gasteiger partial charge is 0.236 e. The summed E-state index contributed by atoms with van der Waals surface area (Å²) in [5, 5.41) is 11.7. The van der Waals surface area contributed by atoms with Crippen LogP contribution in [0.5, 0.6) is 0 Å². The van der Waals surface area contributed by atoms with E-state index < -0.39 is 0 Å². The molecule has 0 aliphatic heterocycles. The average Bonchev–Trinajstić information content (AvgIpc) is 2.26. The van der Waals surface area contributed by atoms with E-state index in [1.165, 1.54) is 0 Å². The summed E-state index contributed by atoms with van der Waals surface area (Å²) in [5.74, 6) is 0.300. The van der Waals surface area contributed by atoms with Crippen LogP contribution in [0.15, 0.2) is 0 Å². The van der Waals surface area contributed by atoms with Gasteiger partial charge in [0.05, 0.1) is 6.04 Å². The van der Waals surface area contributed by atoms with E-state index in [1.807, 2.05) is 6.92 Å². The maximum Gasteiger partial charge on any atom is 0.236 e.